The molecule has 1 aromatic heterocycles. The Morgan fingerprint density at radius 2 is 1.86 bits per heavy atom. The van der Waals surface area contributed by atoms with E-state index in [9.17, 15) is 4.79 Å². The maximum atomic E-state index is 13.2. The summed E-state index contributed by atoms with van der Waals surface area (Å²) in [5.74, 6) is 1.08. The predicted molar refractivity (Wildman–Crippen MR) is 151 cm³/mol. The zero-order valence-corrected chi connectivity index (χ0v) is 23.3. The van der Waals surface area contributed by atoms with Crippen molar-refractivity contribution < 1.29 is 9.53 Å². The van der Waals surface area contributed by atoms with Gasteiger partial charge in [-0.3, -0.25) is 15.6 Å². The fourth-order valence-corrected chi connectivity index (χ4v) is 4.90. The molecule has 0 bridgehead atoms. The monoisotopic (exact) mass is 522 g/mol. The Morgan fingerprint density at radius 3 is 2.49 bits per heavy atom. The van der Waals surface area contributed by atoms with Crippen LogP contribution < -0.4 is 10.2 Å². The number of rotatable bonds is 9. The van der Waals surface area contributed by atoms with Crippen LogP contribution in [0.1, 0.15) is 44.0 Å². The highest BCUT2D eigenvalue weighted by molar-refractivity contribution is 8.12. The Hall–Kier alpha value is -3.17. The molecule has 9 heteroatoms. The lowest BCUT2D eigenvalue weighted by Crippen LogP contribution is -2.47. The topological polar surface area (TPSA) is 98.3 Å². The number of allylic oxidation sites excluding steroid dienone is 2. The first kappa shape index (κ1) is 28.4. The van der Waals surface area contributed by atoms with Gasteiger partial charge in [0.2, 0.25) is 0 Å². The van der Waals surface area contributed by atoms with Gasteiger partial charge >= 0.3 is 0 Å². The van der Waals surface area contributed by atoms with Crippen molar-refractivity contribution in [2.24, 2.45) is 0 Å². The molecular formula is C28H38N6O2S. The summed E-state index contributed by atoms with van der Waals surface area (Å²) in [5, 5.41) is 21.6. The molecular weight excluding hydrogens is 484 g/mol. The molecule has 1 fully saturated rings. The van der Waals surface area contributed by atoms with Crippen molar-refractivity contribution in [1.82, 2.24) is 19.6 Å². The molecule has 3 rings (SSSR count). The number of hydrogen-bond donors (Lipinski definition) is 2. The van der Waals surface area contributed by atoms with Gasteiger partial charge in [0.25, 0.3) is 5.91 Å². The number of likely N-dealkylation sites (N-methyl/N-ethyl adjacent to an activating group) is 1. The fraction of sp³-hybridized carbons (Fsp3) is 0.429. The molecule has 198 valence electrons. The van der Waals surface area contributed by atoms with Crippen LogP contribution in [0.25, 0.3) is 4.91 Å². The van der Waals surface area contributed by atoms with Crippen molar-refractivity contribution in [2.75, 3.05) is 39.8 Å². The minimum atomic E-state index is 0.0272. The molecule has 37 heavy (non-hydrogen) atoms. The van der Waals surface area contributed by atoms with Crippen LogP contribution in [0, 0.1) is 17.7 Å². The van der Waals surface area contributed by atoms with Crippen LogP contribution in [-0.4, -0.2) is 71.2 Å². The number of nitrogens with zero attached hydrogens (tertiary/aromatic N) is 4. The lowest BCUT2D eigenvalue weighted by Gasteiger charge is -2.32. The number of nitrogens with one attached hydrogen (secondary N) is 2. The molecule has 0 atom stereocenters. The highest BCUT2D eigenvalue weighted by Gasteiger charge is 2.23. The van der Waals surface area contributed by atoms with Crippen molar-refractivity contribution in [3.05, 3.63) is 69.7 Å². The summed E-state index contributed by atoms with van der Waals surface area (Å²) >= 11 is 1.38. The average Bonchev–Trinajstić information content (AvgIpc) is 2.89. The molecule has 0 radical (unpaired) electrons. The van der Waals surface area contributed by atoms with Gasteiger partial charge in [-0.15, -0.1) is 0 Å². The van der Waals surface area contributed by atoms with Gasteiger partial charge in [0, 0.05) is 37.5 Å². The van der Waals surface area contributed by atoms with Crippen LogP contribution in [-0.2, 0) is 11.2 Å². The van der Waals surface area contributed by atoms with Crippen LogP contribution in [0.15, 0.2) is 47.4 Å². The number of hydrogen-bond acceptors (Lipinski definition) is 7. The zero-order valence-electron chi connectivity index (χ0n) is 22.5. The number of amides is 1. The summed E-state index contributed by atoms with van der Waals surface area (Å²) in [7, 11) is 2.07. The van der Waals surface area contributed by atoms with E-state index >= 15 is 0 Å². The fourth-order valence-electron chi connectivity index (χ4n) is 3.99. The van der Waals surface area contributed by atoms with Crippen molar-refractivity contribution in [1.29, 1.82) is 10.8 Å². The number of ether oxygens (including phenoxy) is 1. The second-order valence-electron chi connectivity index (χ2n) is 9.09. The van der Waals surface area contributed by atoms with Gasteiger partial charge in [-0.05, 0) is 63.6 Å². The summed E-state index contributed by atoms with van der Waals surface area (Å²) in [6.45, 7) is 11.7. The molecule has 0 unspecified atom stereocenters. The van der Waals surface area contributed by atoms with Gasteiger partial charge in [-0.25, -0.2) is 4.68 Å². The SMILES string of the molecule is C/C=C(\S/C(=C\C)c1ccc(=N)n(C(=N)Cc2ccc(OCCC)c(C)c2)n1)C(=O)N1CCN(C)CC1. The third-order valence-corrected chi connectivity index (χ3v) is 7.46. The lowest BCUT2D eigenvalue weighted by molar-refractivity contribution is -0.127. The minimum absolute atomic E-state index is 0.0272. The number of piperazine rings is 1. The zero-order chi connectivity index (χ0) is 26.9. The second kappa shape index (κ2) is 13.4. The number of carbonyl (C=O) groups is 1. The molecule has 1 aromatic carbocycles. The Labute approximate surface area is 224 Å². The largest absolute Gasteiger partial charge is 0.493 e. The molecule has 2 heterocycles. The quantitative estimate of drug-likeness (QED) is 0.291. The van der Waals surface area contributed by atoms with Gasteiger partial charge in [0.15, 0.2) is 0 Å². The van der Waals surface area contributed by atoms with Crippen molar-refractivity contribution >= 4 is 28.4 Å². The summed E-state index contributed by atoms with van der Waals surface area (Å²) in [6.07, 6.45) is 5.05. The average molecular weight is 523 g/mol. The van der Waals surface area contributed by atoms with E-state index in [1.54, 1.807) is 12.1 Å². The summed E-state index contributed by atoms with van der Waals surface area (Å²) < 4.78 is 7.12. The van der Waals surface area contributed by atoms with Crippen LogP contribution >= 0.6 is 11.8 Å². The number of carbonyl (C=O) groups excluding carboxylic acids is 1. The molecule has 2 N–H and O–H groups in total. The molecule has 1 saturated heterocycles. The standard InChI is InChI=1S/C28H38N6O2S/c1-6-17-36-23-11-9-21(18-20(23)4)19-27(30)34-26(29)12-10-22(31-34)24(7-2)37-25(8-3)28(35)33-15-13-32(5)14-16-33/h7-12,18,29-30H,6,13-17,19H2,1-5H3/b24-7-,25-8-,29-26?,30-27?. The van der Waals surface area contributed by atoms with E-state index in [4.69, 9.17) is 15.6 Å². The van der Waals surface area contributed by atoms with E-state index in [0.717, 1.165) is 41.3 Å². The number of aromatic nitrogens is 2. The van der Waals surface area contributed by atoms with Crippen LogP contribution in [0.2, 0.25) is 0 Å². The van der Waals surface area contributed by atoms with Gasteiger partial charge < -0.3 is 14.5 Å². The molecule has 0 spiro atoms. The van der Waals surface area contributed by atoms with Gasteiger partial charge in [-0.1, -0.05) is 43.0 Å². The number of thioether (sulfide) groups is 1. The third kappa shape index (κ3) is 7.42. The van der Waals surface area contributed by atoms with Crippen LogP contribution in [0.3, 0.4) is 0 Å². The van der Waals surface area contributed by atoms with E-state index in [1.165, 1.54) is 16.4 Å². The van der Waals surface area contributed by atoms with Crippen molar-refractivity contribution in [3.8, 4) is 5.75 Å². The summed E-state index contributed by atoms with van der Waals surface area (Å²) in [4.78, 5) is 18.7. The van der Waals surface area contributed by atoms with E-state index in [0.29, 0.717) is 36.7 Å². The molecule has 1 aliphatic heterocycles. The normalized spacial score (nSPS) is 15.1. The maximum absolute atomic E-state index is 13.2. The maximum Gasteiger partial charge on any atom is 0.260 e. The van der Waals surface area contributed by atoms with Crippen molar-refractivity contribution in [3.63, 3.8) is 0 Å². The highest BCUT2D eigenvalue weighted by Crippen LogP contribution is 2.33. The first-order valence-corrected chi connectivity index (χ1v) is 13.5. The number of aryl methyl sites for hydroxylation is 1. The summed E-state index contributed by atoms with van der Waals surface area (Å²) in [5.41, 5.74) is 2.74. The Morgan fingerprint density at radius 1 is 1.14 bits per heavy atom. The molecule has 8 nitrogen and oxygen atoms in total. The van der Waals surface area contributed by atoms with Crippen LogP contribution in [0.5, 0.6) is 5.75 Å². The third-order valence-electron chi connectivity index (χ3n) is 6.16. The second-order valence-corrected chi connectivity index (χ2v) is 10.2. The van der Waals surface area contributed by atoms with Gasteiger partial charge in [-0.2, -0.15) is 5.10 Å². The van der Waals surface area contributed by atoms with Crippen molar-refractivity contribution in [2.45, 2.75) is 40.5 Å². The molecule has 2 aromatic rings. The molecule has 0 saturated carbocycles. The first-order valence-electron chi connectivity index (χ1n) is 12.7. The lowest BCUT2D eigenvalue weighted by atomic mass is 10.1. The Kier molecular flexibility index (Phi) is 10.3. The number of benzene rings is 1. The molecule has 1 amide bonds. The molecule has 1 aliphatic rings. The van der Waals surface area contributed by atoms with E-state index in [1.807, 2.05) is 56.0 Å². The van der Waals surface area contributed by atoms with Gasteiger partial charge in [0.05, 0.1) is 17.2 Å². The van der Waals surface area contributed by atoms with E-state index in [2.05, 4.69) is 24.0 Å². The van der Waals surface area contributed by atoms with Gasteiger partial charge in [0.1, 0.15) is 17.1 Å². The summed E-state index contributed by atoms with van der Waals surface area (Å²) in [6, 6.07) is 9.32. The van der Waals surface area contributed by atoms with E-state index < -0.39 is 0 Å². The van der Waals surface area contributed by atoms with E-state index in [-0.39, 0.29) is 17.2 Å². The Balaban J connectivity index is 1.76. The van der Waals surface area contributed by atoms with Crippen LogP contribution in [0.4, 0.5) is 0 Å². The minimum Gasteiger partial charge on any atom is -0.493 e. The smallest absolute Gasteiger partial charge is 0.260 e. The highest BCUT2D eigenvalue weighted by atomic mass is 32.2. The Bertz CT molecular complexity index is 1240. The predicted octanol–water partition coefficient (Wildman–Crippen LogP) is 4.30. The molecule has 0 aliphatic carbocycles. The first-order chi connectivity index (χ1) is 17.8.